The van der Waals surface area contributed by atoms with E-state index in [9.17, 15) is 24.6 Å². The minimum Gasteiger partial charge on any atom is -0.508 e. The number of aromatic amines is 1. The van der Waals surface area contributed by atoms with Gasteiger partial charge in [-0.3, -0.25) is 9.59 Å². The number of benzene rings is 2. The number of H-pyrrole nitrogens is 1. The number of fused-ring (bicyclic) bond motifs is 1. The molecule has 0 radical (unpaired) electrons. The molecule has 3 rings (SSSR count). The lowest BCUT2D eigenvalue weighted by molar-refractivity contribution is -0.142. The first-order chi connectivity index (χ1) is 16.7. The fourth-order valence-electron chi connectivity index (χ4n) is 3.92. The highest BCUT2D eigenvalue weighted by Gasteiger charge is 2.31. The van der Waals surface area contributed by atoms with Crippen LogP contribution in [0.25, 0.3) is 10.9 Å². The van der Waals surface area contributed by atoms with Gasteiger partial charge in [-0.25, -0.2) is 4.79 Å². The van der Waals surface area contributed by atoms with Crippen molar-refractivity contribution >= 4 is 28.7 Å². The second kappa shape index (κ2) is 11.5. The second-order valence-corrected chi connectivity index (χ2v) is 8.81. The Hall–Kier alpha value is -3.85. The number of carbonyl (C=O) groups excluding carboxylic acids is 2. The van der Waals surface area contributed by atoms with Crippen LogP contribution in [0.4, 0.5) is 0 Å². The molecule has 0 aliphatic heterocycles. The highest BCUT2D eigenvalue weighted by molar-refractivity contribution is 5.92. The molecule has 2 aromatic carbocycles. The van der Waals surface area contributed by atoms with E-state index in [1.165, 1.54) is 12.1 Å². The molecule has 186 valence electrons. The molecular formula is C26H32N4O5. The third kappa shape index (κ3) is 6.60. The number of carboxylic acid groups (broad SMARTS) is 1. The van der Waals surface area contributed by atoms with Gasteiger partial charge < -0.3 is 31.6 Å². The number of aromatic nitrogens is 1. The van der Waals surface area contributed by atoms with Crippen molar-refractivity contribution in [3.05, 3.63) is 65.9 Å². The van der Waals surface area contributed by atoms with Gasteiger partial charge in [0, 0.05) is 23.5 Å². The molecule has 3 aromatic rings. The second-order valence-electron chi connectivity index (χ2n) is 8.81. The molecular weight excluding hydrogens is 448 g/mol. The zero-order valence-corrected chi connectivity index (χ0v) is 19.8. The summed E-state index contributed by atoms with van der Waals surface area (Å²) >= 11 is 0. The van der Waals surface area contributed by atoms with Crippen molar-refractivity contribution in [3.8, 4) is 5.75 Å². The normalized spacial score (nSPS) is 14.6. The third-order valence-corrected chi connectivity index (χ3v) is 6.24. The van der Waals surface area contributed by atoms with Crippen LogP contribution in [-0.4, -0.2) is 51.1 Å². The Labute approximate surface area is 203 Å². The first kappa shape index (κ1) is 25.8. The van der Waals surface area contributed by atoms with Crippen LogP contribution in [0.2, 0.25) is 0 Å². The van der Waals surface area contributed by atoms with Crippen molar-refractivity contribution in [3.63, 3.8) is 0 Å². The smallest absolute Gasteiger partial charge is 0.326 e. The monoisotopic (exact) mass is 480 g/mol. The summed E-state index contributed by atoms with van der Waals surface area (Å²) in [5, 5.41) is 25.4. The molecule has 0 unspecified atom stereocenters. The largest absolute Gasteiger partial charge is 0.508 e. The third-order valence-electron chi connectivity index (χ3n) is 6.24. The Morgan fingerprint density at radius 2 is 1.69 bits per heavy atom. The van der Waals surface area contributed by atoms with Crippen LogP contribution >= 0.6 is 0 Å². The van der Waals surface area contributed by atoms with Gasteiger partial charge in [-0.2, -0.15) is 0 Å². The summed E-state index contributed by atoms with van der Waals surface area (Å²) in [6, 6.07) is 10.9. The number of carbonyl (C=O) groups is 3. The maximum Gasteiger partial charge on any atom is 0.326 e. The van der Waals surface area contributed by atoms with Crippen LogP contribution in [-0.2, 0) is 27.2 Å². The highest BCUT2D eigenvalue weighted by atomic mass is 16.4. The Morgan fingerprint density at radius 1 is 1.00 bits per heavy atom. The summed E-state index contributed by atoms with van der Waals surface area (Å²) in [7, 11) is 0. The number of carboxylic acids is 1. The summed E-state index contributed by atoms with van der Waals surface area (Å²) in [4.78, 5) is 41.0. The van der Waals surface area contributed by atoms with Gasteiger partial charge >= 0.3 is 5.97 Å². The van der Waals surface area contributed by atoms with Crippen LogP contribution in [0.1, 0.15) is 31.4 Å². The number of amides is 2. The average Bonchev–Trinajstić information content (AvgIpc) is 3.25. The molecule has 35 heavy (non-hydrogen) atoms. The first-order valence-electron chi connectivity index (χ1n) is 11.6. The number of hydrogen-bond acceptors (Lipinski definition) is 5. The number of rotatable bonds is 11. The van der Waals surface area contributed by atoms with Crippen LogP contribution in [0.5, 0.6) is 5.75 Å². The quantitative estimate of drug-likeness (QED) is 0.247. The lowest BCUT2D eigenvalue weighted by Gasteiger charge is -2.26. The summed E-state index contributed by atoms with van der Waals surface area (Å²) in [5.74, 6) is -2.39. The van der Waals surface area contributed by atoms with Gasteiger partial charge in [0.1, 0.15) is 17.8 Å². The number of nitrogens with two attached hydrogens (primary N) is 1. The van der Waals surface area contributed by atoms with E-state index in [1.54, 1.807) is 18.3 Å². The lowest BCUT2D eigenvalue weighted by Crippen LogP contribution is -2.57. The molecule has 4 atom stereocenters. The molecule has 0 bridgehead atoms. The molecule has 9 nitrogen and oxygen atoms in total. The Morgan fingerprint density at radius 3 is 2.34 bits per heavy atom. The number of aromatic hydroxyl groups is 1. The standard InChI is InChI=1S/C26H32N4O5/c1-3-15(2)23(30-24(32)20(27)12-16-8-10-18(31)11-9-16)25(33)29-22(26(34)35)13-17-14-28-21-7-5-4-6-19(17)21/h4-11,14-15,20,22-23,28,31H,3,12-13,27H2,1-2H3,(H,29,33)(H,30,32)(H,34,35)/t15-,20-,22-,23-/m0/s1. The predicted octanol–water partition coefficient (Wildman–Crippen LogP) is 2.09. The SMILES string of the molecule is CC[C@H](C)[C@H](NC(=O)[C@@H](N)Cc1ccc(O)cc1)C(=O)N[C@@H](Cc1c[nH]c2ccccc12)C(=O)O. The van der Waals surface area contributed by atoms with Crippen molar-refractivity contribution < 1.29 is 24.6 Å². The van der Waals surface area contributed by atoms with Gasteiger partial charge in [0.25, 0.3) is 0 Å². The maximum absolute atomic E-state index is 13.1. The Kier molecular flexibility index (Phi) is 8.48. The number of phenolic OH excluding ortho intramolecular Hbond substituents is 1. The van der Waals surface area contributed by atoms with Gasteiger partial charge in [0.15, 0.2) is 0 Å². The van der Waals surface area contributed by atoms with Crippen molar-refractivity contribution in [1.29, 1.82) is 0 Å². The van der Waals surface area contributed by atoms with E-state index in [0.29, 0.717) is 6.42 Å². The fourth-order valence-corrected chi connectivity index (χ4v) is 3.92. The van der Waals surface area contributed by atoms with Crippen molar-refractivity contribution in [2.75, 3.05) is 0 Å². The van der Waals surface area contributed by atoms with Crippen molar-refractivity contribution in [2.45, 2.75) is 51.2 Å². The molecule has 0 saturated heterocycles. The molecule has 0 aliphatic rings. The lowest BCUT2D eigenvalue weighted by atomic mass is 9.96. The van der Waals surface area contributed by atoms with E-state index in [0.717, 1.165) is 22.0 Å². The number of para-hydroxylation sites is 1. The summed E-state index contributed by atoms with van der Waals surface area (Å²) in [5.41, 5.74) is 8.48. The molecule has 7 N–H and O–H groups in total. The molecule has 0 fully saturated rings. The van der Waals surface area contributed by atoms with Gasteiger partial charge in [0.05, 0.1) is 6.04 Å². The zero-order chi connectivity index (χ0) is 25.5. The van der Waals surface area contributed by atoms with Gasteiger partial charge in [-0.15, -0.1) is 0 Å². The molecule has 0 saturated carbocycles. The molecule has 0 aliphatic carbocycles. The fraction of sp³-hybridized carbons (Fsp3) is 0.346. The van der Waals surface area contributed by atoms with Crippen LogP contribution in [0.15, 0.2) is 54.7 Å². The Balaban J connectivity index is 1.69. The van der Waals surface area contributed by atoms with Crippen LogP contribution < -0.4 is 16.4 Å². The zero-order valence-electron chi connectivity index (χ0n) is 19.8. The molecule has 9 heteroatoms. The van der Waals surface area contributed by atoms with E-state index >= 15 is 0 Å². The maximum atomic E-state index is 13.1. The predicted molar refractivity (Wildman–Crippen MR) is 133 cm³/mol. The molecule has 1 heterocycles. The minimum absolute atomic E-state index is 0.0899. The topological polar surface area (TPSA) is 158 Å². The first-order valence-corrected chi connectivity index (χ1v) is 11.6. The van der Waals surface area contributed by atoms with Gasteiger partial charge in [0.2, 0.25) is 11.8 Å². The summed E-state index contributed by atoms with van der Waals surface area (Å²) in [6.07, 6.45) is 2.64. The van der Waals surface area contributed by atoms with Crippen LogP contribution in [0, 0.1) is 5.92 Å². The van der Waals surface area contributed by atoms with E-state index < -0.39 is 35.9 Å². The van der Waals surface area contributed by atoms with Gasteiger partial charge in [-0.05, 0) is 41.7 Å². The van der Waals surface area contributed by atoms with E-state index in [4.69, 9.17) is 5.73 Å². The minimum atomic E-state index is -1.17. The number of hydrogen-bond donors (Lipinski definition) is 6. The van der Waals surface area contributed by atoms with Gasteiger partial charge in [-0.1, -0.05) is 50.6 Å². The van der Waals surface area contributed by atoms with Crippen molar-refractivity contribution in [1.82, 2.24) is 15.6 Å². The summed E-state index contributed by atoms with van der Waals surface area (Å²) < 4.78 is 0. The Bertz CT molecular complexity index is 1170. The number of nitrogens with one attached hydrogen (secondary N) is 3. The molecule has 2 amide bonds. The number of phenols is 1. The summed E-state index contributed by atoms with van der Waals surface area (Å²) in [6.45, 7) is 3.69. The molecule has 0 spiro atoms. The average molecular weight is 481 g/mol. The van der Waals surface area contributed by atoms with Crippen molar-refractivity contribution in [2.24, 2.45) is 11.7 Å². The van der Waals surface area contributed by atoms with Crippen LogP contribution in [0.3, 0.4) is 0 Å². The molecule has 1 aromatic heterocycles. The van der Waals surface area contributed by atoms with E-state index in [1.807, 2.05) is 38.1 Å². The highest BCUT2D eigenvalue weighted by Crippen LogP contribution is 2.19. The van der Waals surface area contributed by atoms with E-state index in [2.05, 4.69) is 15.6 Å². The number of aliphatic carboxylic acids is 1. The van der Waals surface area contributed by atoms with E-state index in [-0.39, 0.29) is 24.5 Å².